The number of hydrogen-bond donors (Lipinski definition) is 0. The maximum absolute atomic E-state index is 14.0. The molecule has 0 amide bonds. The van der Waals surface area contributed by atoms with Crippen LogP contribution in [0.15, 0.2) is 36.4 Å². The lowest BCUT2D eigenvalue weighted by atomic mass is 9.97. The van der Waals surface area contributed by atoms with Crippen LogP contribution in [0.5, 0.6) is 5.75 Å². The molecule has 0 N–H and O–H groups in total. The molecule has 1 unspecified atom stereocenters. The quantitative estimate of drug-likeness (QED) is 0.723. The Hall–Kier alpha value is -1.54. The zero-order valence-electron chi connectivity index (χ0n) is 11.9. The summed E-state index contributed by atoms with van der Waals surface area (Å²) in [5, 5.41) is -0.452. The molecule has 3 heteroatoms. The van der Waals surface area contributed by atoms with E-state index in [2.05, 4.69) is 18.2 Å². The van der Waals surface area contributed by atoms with E-state index < -0.39 is 5.38 Å². The molecule has 2 rings (SSSR count). The van der Waals surface area contributed by atoms with Crippen LogP contribution < -0.4 is 4.74 Å². The lowest BCUT2D eigenvalue weighted by Gasteiger charge is -2.16. The van der Waals surface area contributed by atoms with Gasteiger partial charge in [-0.05, 0) is 43.5 Å². The van der Waals surface area contributed by atoms with Gasteiger partial charge in [-0.2, -0.15) is 0 Å². The average Bonchev–Trinajstić information content (AvgIpc) is 2.42. The van der Waals surface area contributed by atoms with Crippen molar-refractivity contribution in [3.63, 3.8) is 0 Å². The number of aryl methyl sites for hydroxylation is 2. The summed E-state index contributed by atoms with van der Waals surface area (Å²) in [6.07, 6.45) is 0.576. The highest BCUT2D eigenvalue weighted by Crippen LogP contribution is 2.35. The van der Waals surface area contributed by atoms with Crippen LogP contribution in [0.2, 0.25) is 0 Å². The number of methoxy groups -OCH3 is 1. The van der Waals surface area contributed by atoms with Gasteiger partial charge in [0.05, 0.1) is 12.5 Å². The maximum Gasteiger partial charge on any atom is 0.131 e. The van der Waals surface area contributed by atoms with Gasteiger partial charge in [0.1, 0.15) is 11.6 Å². The Morgan fingerprint density at radius 2 is 1.95 bits per heavy atom. The van der Waals surface area contributed by atoms with E-state index >= 15 is 0 Å². The Balaban J connectivity index is 2.33. The van der Waals surface area contributed by atoms with E-state index in [1.165, 1.54) is 18.7 Å². The van der Waals surface area contributed by atoms with Gasteiger partial charge in [-0.25, -0.2) is 4.39 Å². The smallest absolute Gasteiger partial charge is 0.131 e. The molecule has 0 radical (unpaired) electrons. The number of ether oxygens (including phenoxy) is 1. The first-order chi connectivity index (χ1) is 9.52. The second-order valence-electron chi connectivity index (χ2n) is 4.96. The van der Waals surface area contributed by atoms with Crippen LogP contribution >= 0.6 is 11.6 Å². The highest BCUT2D eigenvalue weighted by Gasteiger charge is 2.19. The van der Waals surface area contributed by atoms with E-state index in [0.717, 1.165) is 11.1 Å². The topological polar surface area (TPSA) is 9.23 Å². The summed E-state index contributed by atoms with van der Waals surface area (Å²) in [5.41, 5.74) is 3.90. The SMILES string of the molecule is COc1cccc(F)c1C(Cl)Cc1cc(C)ccc1C. The molecule has 2 aromatic carbocycles. The summed E-state index contributed by atoms with van der Waals surface area (Å²) in [6, 6.07) is 11.0. The summed E-state index contributed by atoms with van der Waals surface area (Å²) in [7, 11) is 1.53. The summed E-state index contributed by atoms with van der Waals surface area (Å²) >= 11 is 6.43. The fourth-order valence-corrected chi connectivity index (χ4v) is 2.69. The molecule has 1 atom stereocenters. The van der Waals surface area contributed by atoms with Crippen LogP contribution in [-0.4, -0.2) is 7.11 Å². The first-order valence-electron chi connectivity index (χ1n) is 6.55. The highest BCUT2D eigenvalue weighted by atomic mass is 35.5. The number of benzene rings is 2. The second kappa shape index (κ2) is 6.27. The monoisotopic (exact) mass is 292 g/mol. The van der Waals surface area contributed by atoms with Gasteiger partial charge in [0.2, 0.25) is 0 Å². The van der Waals surface area contributed by atoms with E-state index in [1.807, 2.05) is 13.8 Å². The number of rotatable bonds is 4. The lowest BCUT2D eigenvalue weighted by Crippen LogP contribution is -2.03. The predicted molar refractivity (Wildman–Crippen MR) is 81.2 cm³/mol. The van der Waals surface area contributed by atoms with Gasteiger partial charge < -0.3 is 4.74 Å². The summed E-state index contributed by atoms with van der Waals surface area (Å²) < 4.78 is 19.2. The van der Waals surface area contributed by atoms with Crippen LogP contribution in [-0.2, 0) is 6.42 Å². The molecule has 0 aliphatic heterocycles. The fourth-order valence-electron chi connectivity index (χ4n) is 2.31. The normalized spacial score (nSPS) is 12.2. The molecule has 0 fully saturated rings. The van der Waals surface area contributed by atoms with Gasteiger partial charge in [0.25, 0.3) is 0 Å². The van der Waals surface area contributed by atoms with E-state index in [9.17, 15) is 4.39 Å². The van der Waals surface area contributed by atoms with Crippen molar-refractivity contribution in [1.82, 2.24) is 0 Å². The van der Waals surface area contributed by atoms with E-state index in [0.29, 0.717) is 17.7 Å². The lowest BCUT2D eigenvalue weighted by molar-refractivity contribution is 0.403. The first-order valence-corrected chi connectivity index (χ1v) is 6.99. The zero-order chi connectivity index (χ0) is 14.7. The molecule has 106 valence electrons. The van der Waals surface area contributed by atoms with Crippen LogP contribution in [0.3, 0.4) is 0 Å². The van der Waals surface area contributed by atoms with Crippen LogP contribution in [0, 0.1) is 19.7 Å². The molecule has 0 aromatic heterocycles. The van der Waals surface area contributed by atoms with Crippen molar-refractivity contribution in [2.24, 2.45) is 0 Å². The molecule has 0 saturated heterocycles. The molecular formula is C17H18ClFO. The summed E-state index contributed by atoms with van der Waals surface area (Å²) in [4.78, 5) is 0. The van der Waals surface area contributed by atoms with Crippen molar-refractivity contribution in [3.8, 4) is 5.75 Å². The maximum atomic E-state index is 14.0. The second-order valence-corrected chi connectivity index (χ2v) is 5.48. The largest absolute Gasteiger partial charge is 0.496 e. The van der Waals surface area contributed by atoms with E-state index in [4.69, 9.17) is 16.3 Å². The van der Waals surface area contributed by atoms with Crippen LogP contribution in [0.4, 0.5) is 4.39 Å². The molecule has 0 aliphatic carbocycles. The molecule has 20 heavy (non-hydrogen) atoms. The molecule has 1 nitrogen and oxygen atoms in total. The minimum absolute atomic E-state index is 0.324. The standard InChI is InChI=1S/C17H18ClFO/c1-11-7-8-12(2)13(9-11)10-14(18)17-15(19)5-4-6-16(17)20-3/h4-9,14H,10H2,1-3H3. The Morgan fingerprint density at radius 3 is 2.65 bits per heavy atom. The van der Waals surface area contributed by atoms with Crippen molar-refractivity contribution >= 4 is 11.6 Å². The number of halogens is 2. The van der Waals surface area contributed by atoms with Crippen LogP contribution in [0.1, 0.15) is 27.6 Å². The molecular weight excluding hydrogens is 275 g/mol. The summed E-state index contributed by atoms with van der Waals surface area (Å²) in [5.74, 6) is 0.171. The Morgan fingerprint density at radius 1 is 1.20 bits per heavy atom. The van der Waals surface area contributed by atoms with Gasteiger partial charge in [-0.3, -0.25) is 0 Å². The molecule has 0 saturated carbocycles. The number of hydrogen-bond acceptors (Lipinski definition) is 1. The third-order valence-corrected chi connectivity index (χ3v) is 3.82. The Labute approximate surface area is 124 Å². The Kier molecular flexibility index (Phi) is 4.66. The Bertz CT molecular complexity index is 610. The third kappa shape index (κ3) is 3.13. The van der Waals surface area contributed by atoms with Crippen LogP contribution in [0.25, 0.3) is 0 Å². The van der Waals surface area contributed by atoms with Gasteiger partial charge in [0, 0.05) is 5.56 Å². The zero-order valence-corrected chi connectivity index (χ0v) is 12.7. The molecule has 0 bridgehead atoms. The van der Waals surface area contributed by atoms with Gasteiger partial charge in [-0.1, -0.05) is 29.8 Å². The molecule has 0 aliphatic rings. The fraction of sp³-hybridized carbons (Fsp3) is 0.294. The predicted octanol–water partition coefficient (Wildman–Crippen LogP) is 4.97. The van der Waals surface area contributed by atoms with Crippen molar-refractivity contribution in [1.29, 1.82) is 0 Å². The molecule has 0 heterocycles. The molecule has 0 spiro atoms. The minimum Gasteiger partial charge on any atom is -0.496 e. The third-order valence-electron chi connectivity index (χ3n) is 3.45. The highest BCUT2D eigenvalue weighted by molar-refractivity contribution is 6.21. The van der Waals surface area contributed by atoms with Crippen molar-refractivity contribution < 1.29 is 9.13 Å². The average molecular weight is 293 g/mol. The van der Waals surface area contributed by atoms with E-state index in [-0.39, 0.29) is 5.82 Å². The number of alkyl halides is 1. The van der Waals surface area contributed by atoms with Crippen molar-refractivity contribution in [2.45, 2.75) is 25.6 Å². The van der Waals surface area contributed by atoms with Gasteiger partial charge >= 0.3 is 0 Å². The van der Waals surface area contributed by atoms with E-state index in [1.54, 1.807) is 12.1 Å². The summed E-state index contributed by atoms with van der Waals surface area (Å²) in [6.45, 7) is 4.08. The minimum atomic E-state index is -0.452. The molecule has 2 aromatic rings. The first kappa shape index (κ1) is 14.9. The van der Waals surface area contributed by atoms with Gasteiger partial charge in [0.15, 0.2) is 0 Å². The van der Waals surface area contributed by atoms with Gasteiger partial charge in [-0.15, -0.1) is 11.6 Å². The van der Waals surface area contributed by atoms with Crippen molar-refractivity contribution in [3.05, 3.63) is 64.5 Å². The van der Waals surface area contributed by atoms with Crippen molar-refractivity contribution in [2.75, 3.05) is 7.11 Å².